The molecule has 2 aromatic carbocycles. The molecule has 0 radical (unpaired) electrons. The summed E-state index contributed by atoms with van der Waals surface area (Å²) in [7, 11) is 1.49. The number of benzene rings is 2. The van der Waals surface area contributed by atoms with Gasteiger partial charge in [0.15, 0.2) is 0 Å². The fraction of sp³-hybridized carbons (Fsp3) is 0.0833. The maximum absolute atomic E-state index is 13.6. The fourth-order valence-corrected chi connectivity index (χ4v) is 1.54. The highest BCUT2D eigenvalue weighted by Gasteiger charge is 2.09. The van der Waals surface area contributed by atoms with Crippen molar-refractivity contribution in [2.24, 2.45) is 0 Å². The van der Waals surface area contributed by atoms with Crippen LogP contribution < -0.4 is 4.74 Å². The van der Waals surface area contributed by atoms with Crippen molar-refractivity contribution in [3.63, 3.8) is 0 Å². The smallest absolute Gasteiger partial charge is 0.335 e. The van der Waals surface area contributed by atoms with Gasteiger partial charge in [0.1, 0.15) is 11.6 Å². The van der Waals surface area contributed by atoms with Crippen molar-refractivity contribution in [1.29, 1.82) is 0 Å². The summed E-state index contributed by atoms with van der Waals surface area (Å²) in [5.74, 6) is -1.17. The highest BCUT2D eigenvalue weighted by molar-refractivity contribution is 5.95. The Morgan fingerprint density at radius 2 is 2.06 bits per heavy atom. The van der Waals surface area contributed by atoms with Gasteiger partial charge in [0.2, 0.25) is 0 Å². The van der Waals surface area contributed by atoms with Gasteiger partial charge in [-0.15, -0.1) is 0 Å². The number of aromatic carboxylic acids is 1. The molecule has 2 aromatic rings. The minimum absolute atomic E-state index is 0.0600. The second kappa shape index (κ2) is 3.81. The van der Waals surface area contributed by atoms with Crippen molar-refractivity contribution in [1.82, 2.24) is 0 Å². The molecule has 0 unspecified atom stereocenters. The van der Waals surface area contributed by atoms with Crippen molar-refractivity contribution in [3.8, 4) is 5.75 Å². The first-order chi connectivity index (χ1) is 7.61. The molecular weight excluding hydrogens is 211 g/mol. The summed E-state index contributed by atoms with van der Waals surface area (Å²) in [4.78, 5) is 10.7. The molecule has 0 aliphatic rings. The summed E-state index contributed by atoms with van der Waals surface area (Å²) >= 11 is 0. The van der Waals surface area contributed by atoms with E-state index in [1.165, 1.54) is 19.2 Å². The molecule has 2 rings (SSSR count). The van der Waals surface area contributed by atoms with E-state index >= 15 is 0 Å². The molecule has 0 heterocycles. The van der Waals surface area contributed by atoms with Crippen LogP contribution in [0.2, 0.25) is 0 Å². The molecule has 1 N–H and O–H groups in total. The minimum Gasteiger partial charge on any atom is -0.497 e. The SMILES string of the molecule is COc1ccc2cc(C(=O)O)cc(F)c2c1. The standard InChI is InChI=1S/C12H9FO3/c1-16-9-3-2-7-4-8(12(14)15)5-11(13)10(7)6-9/h2-6H,1H3,(H,14,15). The van der Waals surface area contributed by atoms with Crippen LogP contribution in [0.3, 0.4) is 0 Å². The number of carboxylic acids is 1. The van der Waals surface area contributed by atoms with Gasteiger partial charge in [0.05, 0.1) is 12.7 Å². The molecular formula is C12H9FO3. The molecule has 0 fully saturated rings. The molecule has 4 heteroatoms. The summed E-state index contributed by atoms with van der Waals surface area (Å²) < 4.78 is 18.6. The first kappa shape index (κ1) is 10.4. The molecule has 0 amide bonds. The topological polar surface area (TPSA) is 46.5 Å². The number of ether oxygens (including phenoxy) is 1. The minimum atomic E-state index is -1.14. The first-order valence-corrected chi connectivity index (χ1v) is 4.62. The lowest BCUT2D eigenvalue weighted by molar-refractivity contribution is 0.0696. The van der Waals surface area contributed by atoms with Crippen molar-refractivity contribution in [2.45, 2.75) is 0 Å². The van der Waals surface area contributed by atoms with Crippen LogP contribution in [0.25, 0.3) is 10.8 Å². The average Bonchev–Trinajstić information content (AvgIpc) is 2.28. The highest BCUT2D eigenvalue weighted by atomic mass is 19.1. The number of methoxy groups -OCH3 is 1. The molecule has 3 nitrogen and oxygen atoms in total. The number of halogens is 1. The van der Waals surface area contributed by atoms with E-state index < -0.39 is 11.8 Å². The summed E-state index contributed by atoms with van der Waals surface area (Å²) in [6, 6.07) is 7.26. The molecule has 0 aliphatic heterocycles. The zero-order valence-electron chi connectivity index (χ0n) is 8.53. The number of fused-ring (bicyclic) bond motifs is 1. The Morgan fingerprint density at radius 1 is 1.31 bits per heavy atom. The largest absolute Gasteiger partial charge is 0.497 e. The Bertz CT molecular complexity index is 563. The monoisotopic (exact) mass is 220 g/mol. The Kier molecular flexibility index (Phi) is 2.48. The third-order valence-corrected chi connectivity index (χ3v) is 2.36. The lowest BCUT2D eigenvalue weighted by Crippen LogP contribution is -1.97. The van der Waals surface area contributed by atoms with E-state index in [0.717, 1.165) is 6.07 Å². The van der Waals surface area contributed by atoms with Crippen molar-refractivity contribution in [3.05, 3.63) is 41.7 Å². The Hall–Kier alpha value is -2.10. The van der Waals surface area contributed by atoms with Gasteiger partial charge in [-0.1, -0.05) is 6.07 Å². The first-order valence-electron chi connectivity index (χ1n) is 4.62. The molecule has 0 saturated carbocycles. The van der Waals surface area contributed by atoms with E-state index in [0.29, 0.717) is 16.5 Å². The summed E-state index contributed by atoms with van der Waals surface area (Å²) in [6.45, 7) is 0. The van der Waals surface area contributed by atoms with E-state index in [9.17, 15) is 9.18 Å². The van der Waals surface area contributed by atoms with Gasteiger partial charge < -0.3 is 9.84 Å². The molecule has 0 bridgehead atoms. The molecule has 0 saturated heterocycles. The summed E-state index contributed by atoms with van der Waals surface area (Å²) in [5.41, 5.74) is -0.0600. The summed E-state index contributed by atoms with van der Waals surface area (Å²) in [6.07, 6.45) is 0. The van der Waals surface area contributed by atoms with E-state index in [1.54, 1.807) is 12.1 Å². The fourth-order valence-electron chi connectivity index (χ4n) is 1.54. The van der Waals surface area contributed by atoms with Crippen LogP contribution in [-0.2, 0) is 0 Å². The summed E-state index contributed by atoms with van der Waals surface area (Å²) in [5, 5.41) is 9.67. The molecule has 0 aromatic heterocycles. The number of hydrogen-bond acceptors (Lipinski definition) is 2. The van der Waals surface area contributed by atoms with E-state index in [1.807, 2.05) is 0 Å². The van der Waals surface area contributed by atoms with Gasteiger partial charge in [-0.25, -0.2) is 9.18 Å². The van der Waals surface area contributed by atoms with Crippen LogP contribution in [-0.4, -0.2) is 18.2 Å². The second-order valence-electron chi connectivity index (χ2n) is 3.35. The number of rotatable bonds is 2. The van der Waals surface area contributed by atoms with Gasteiger partial charge in [-0.3, -0.25) is 0 Å². The van der Waals surface area contributed by atoms with E-state index in [-0.39, 0.29) is 5.56 Å². The zero-order valence-corrected chi connectivity index (χ0v) is 8.53. The van der Waals surface area contributed by atoms with Crippen LogP contribution in [0.1, 0.15) is 10.4 Å². The lowest BCUT2D eigenvalue weighted by atomic mass is 10.1. The van der Waals surface area contributed by atoms with Gasteiger partial charge in [0, 0.05) is 5.39 Å². The third-order valence-electron chi connectivity index (χ3n) is 2.36. The Labute approximate surface area is 91.1 Å². The maximum Gasteiger partial charge on any atom is 0.335 e. The Morgan fingerprint density at radius 3 is 2.69 bits per heavy atom. The molecule has 0 spiro atoms. The van der Waals surface area contributed by atoms with Crippen LogP contribution in [0.4, 0.5) is 4.39 Å². The van der Waals surface area contributed by atoms with Crippen LogP contribution in [0.15, 0.2) is 30.3 Å². The highest BCUT2D eigenvalue weighted by Crippen LogP contribution is 2.24. The van der Waals surface area contributed by atoms with Gasteiger partial charge >= 0.3 is 5.97 Å². The molecule has 16 heavy (non-hydrogen) atoms. The van der Waals surface area contributed by atoms with Crippen molar-refractivity contribution >= 4 is 16.7 Å². The van der Waals surface area contributed by atoms with Crippen molar-refractivity contribution < 1.29 is 19.0 Å². The molecule has 0 aliphatic carbocycles. The second-order valence-corrected chi connectivity index (χ2v) is 3.35. The normalized spacial score (nSPS) is 10.4. The van der Waals surface area contributed by atoms with E-state index in [2.05, 4.69) is 0 Å². The lowest BCUT2D eigenvalue weighted by Gasteiger charge is -2.04. The van der Waals surface area contributed by atoms with Crippen LogP contribution >= 0.6 is 0 Å². The van der Waals surface area contributed by atoms with E-state index in [4.69, 9.17) is 9.84 Å². The quantitative estimate of drug-likeness (QED) is 0.846. The molecule has 82 valence electrons. The van der Waals surface area contributed by atoms with Gasteiger partial charge in [-0.2, -0.15) is 0 Å². The Balaban J connectivity index is 2.71. The van der Waals surface area contributed by atoms with Crippen LogP contribution in [0, 0.1) is 5.82 Å². The number of carbonyl (C=O) groups is 1. The number of carboxylic acid groups (broad SMARTS) is 1. The van der Waals surface area contributed by atoms with Crippen molar-refractivity contribution in [2.75, 3.05) is 7.11 Å². The number of hydrogen-bond donors (Lipinski definition) is 1. The molecule has 0 atom stereocenters. The predicted molar refractivity (Wildman–Crippen MR) is 57.4 cm³/mol. The third kappa shape index (κ3) is 1.69. The van der Waals surface area contributed by atoms with Gasteiger partial charge in [0.25, 0.3) is 0 Å². The predicted octanol–water partition coefficient (Wildman–Crippen LogP) is 2.69. The zero-order chi connectivity index (χ0) is 11.7. The van der Waals surface area contributed by atoms with Gasteiger partial charge in [-0.05, 0) is 29.7 Å². The average molecular weight is 220 g/mol. The van der Waals surface area contributed by atoms with Crippen LogP contribution in [0.5, 0.6) is 5.75 Å². The maximum atomic E-state index is 13.6.